The van der Waals surface area contributed by atoms with Crippen LogP contribution in [0.4, 0.5) is 4.39 Å². The molecule has 3 rings (SSSR count). The molecule has 1 heterocycles. The molecule has 0 amide bonds. The maximum atomic E-state index is 12.8. The van der Waals surface area contributed by atoms with Crippen molar-refractivity contribution >= 4 is 11.0 Å². The second-order valence-electron chi connectivity index (χ2n) is 3.99. The Morgan fingerprint density at radius 2 is 1.67 bits per heavy atom. The topological polar surface area (TPSA) is 53.6 Å². The highest BCUT2D eigenvalue weighted by atomic mass is 19.1. The third kappa shape index (κ3) is 1.68. The van der Waals surface area contributed by atoms with E-state index in [-0.39, 0.29) is 17.3 Å². The molecule has 90 valence electrons. The molecule has 2 N–H and O–H groups in total. The van der Waals surface area contributed by atoms with Crippen molar-refractivity contribution in [1.29, 1.82) is 0 Å². The van der Waals surface area contributed by atoms with Gasteiger partial charge in [-0.3, -0.25) is 0 Å². The van der Waals surface area contributed by atoms with Gasteiger partial charge in [0.25, 0.3) is 0 Å². The van der Waals surface area contributed by atoms with Crippen LogP contribution in [-0.2, 0) is 0 Å². The number of rotatable bonds is 1. The van der Waals surface area contributed by atoms with Crippen LogP contribution < -0.4 is 0 Å². The molecule has 0 bridgehead atoms. The Kier molecular flexibility index (Phi) is 2.23. The molecule has 2 aromatic carbocycles. The second kappa shape index (κ2) is 3.77. The smallest absolute Gasteiger partial charge is 0.142 e. The Morgan fingerprint density at radius 3 is 2.39 bits per heavy atom. The van der Waals surface area contributed by atoms with Crippen molar-refractivity contribution in [3.8, 4) is 22.8 Å². The number of hydrogen-bond donors (Lipinski definition) is 2. The van der Waals surface area contributed by atoms with Gasteiger partial charge in [0.1, 0.15) is 28.7 Å². The van der Waals surface area contributed by atoms with E-state index in [0.717, 1.165) is 0 Å². The Bertz CT molecular complexity index is 714. The summed E-state index contributed by atoms with van der Waals surface area (Å²) in [6, 6.07) is 10.2. The van der Waals surface area contributed by atoms with Crippen LogP contribution in [0.25, 0.3) is 22.3 Å². The lowest BCUT2D eigenvalue weighted by Gasteiger charge is -1.95. The van der Waals surface area contributed by atoms with Crippen LogP contribution in [0.1, 0.15) is 0 Å². The first-order valence-electron chi connectivity index (χ1n) is 5.35. The van der Waals surface area contributed by atoms with Gasteiger partial charge in [0.05, 0.1) is 5.39 Å². The molecule has 18 heavy (non-hydrogen) atoms. The van der Waals surface area contributed by atoms with Gasteiger partial charge in [-0.15, -0.1) is 0 Å². The zero-order valence-corrected chi connectivity index (χ0v) is 9.22. The number of phenols is 2. The highest BCUT2D eigenvalue weighted by Gasteiger charge is 2.10. The molecule has 0 radical (unpaired) electrons. The molecule has 3 nitrogen and oxygen atoms in total. The van der Waals surface area contributed by atoms with Crippen LogP contribution in [-0.4, -0.2) is 10.2 Å². The third-order valence-electron chi connectivity index (χ3n) is 2.73. The molecular formula is C14H9FO3. The van der Waals surface area contributed by atoms with E-state index in [1.807, 2.05) is 0 Å². The first-order chi connectivity index (χ1) is 8.63. The van der Waals surface area contributed by atoms with Gasteiger partial charge in [-0.25, -0.2) is 4.39 Å². The summed E-state index contributed by atoms with van der Waals surface area (Å²) < 4.78 is 18.3. The molecule has 0 atom stereocenters. The molecule has 3 aromatic rings. The third-order valence-corrected chi connectivity index (χ3v) is 2.73. The quantitative estimate of drug-likeness (QED) is 0.687. The number of aromatic hydroxyl groups is 2. The highest BCUT2D eigenvalue weighted by Crippen LogP contribution is 2.35. The van der Waals surface area contributed by atoms with Crippen molar-refractivity contribution in [2.24, 2.45) is 0 Å². The van der Waals surface area contributed by atoms with Crippen LogP contribution in [0.15, 0.2) is 46.9 Å². The summed E-state index contributed by atoms with van der Waals surface area (Å²) in [5.74, 6) is 0.0587. The number of furan rings is 1. The summed E-state index contributed by atoms with van der Waals surface area (Å²) in [4.78, 5) is 0. The number of phenolic OH excluding ortho intramolecular Hbond substituents is 2. The fraction of sp³-hybridized carbons (Fsp3) is 0. The Hall–Kier alpha value is -2.49. The van der Waals surface area contributed by atoms with Crippen LogP contribution >= 0.6 is 0 Å². The Labute approximate surface area is 102 Å². The molecule has 0 fully saturated rings. The molecular weight excluding hydrogens is 235 g/mol. The summed E-state index contributed by atoms with van der Waals surface area (Å²) >= 11 is 0. The van der Waals surface area contributed by atoms with Gasteiger partial charge in [0.2, 0.25) is 0 Å². The van der Waals surface area contributed by atoms with Gasteiger partial charge in [-0.2, -0.15) is 0 Å². The van der Waals surface area contributed by atoms with Gasteiger partial charge in [-0.05, 0) is 30.3 Å². The predicted octanol–water partition coefficient (Wildman–Crippen LogP) is 3.65. The van der Waals surface area contributed by atoms with Crippen LogP contribution in [0.2, 0.25) is 0 Å². The summed E-state index contributed by atoms with van der Waals surface area (Å²) in [6.45, 7) is 0. The normalized spacial score (nSPS) is 10.9. The number of halogens is 1. The van der Waals surface area contributed by atoms with Crippen LogP contribution in [0.3, 0.4) is 0 Å². The molecule has 0 saturated heterocycles. The van der Waals surface area contributed by atoms with Crippen molar-refractivity contribution in [1.82, 2.24) is 0 Å². The number of fused-ring (bicyclic) bond motifs is 1. The summed E-state index contributed by atoms with van der Waals surface area (Å²) in [6.07, 6.45) is 0. The molecule has 0 spiro atoms. The fourth-order valence-corrected chi connectivity index (χ4v) is 1.86. The largest absolute Gasteiger partial charge is 0.508 e. The maximum Gasteiger partial charge on any atom is 0.142 e. The van der Waals surface area contributed by atoms with Gasteiger partial charge in [-0.1, -0.05) is 0 Å². The van der Waals surface area contributed by atoms with Crippen molar-refractivity contribution in [3.63, 3.8) is 0 Å². The van der Waals surface area contributed by atoms with Crippen LogP contribution in [0.5, 0.6) is 11.5 Å². The van der Waals surface area contributed by atoms with Gasteiger partial charge in [0.15, 0.2) is 0 Å². The molecule has 0 aliphatic heterocycles. The van der Waals surface area contributed by atoms with E-state index in [4.69, 9.17) is 4.42 Å². The standard InChI is InChI=1S/C14H9FO3/c15-9-3-1-8(2-4-9)13-7-11-12(17)5-10(16)6-14(11)18-13/h1-7,16-17H. The van der Waals surface area contributed by atoms with Crippen molar-refractivity contribution in [2.45, 2.75) is 0 Å². The zero-order valence-electron chi connectivity index (χ0n) is 9.22. The van der Waals surface area contributed by atoms with Crippen molar-refractivity contribution in [3.05, 3.63) is 48.3 Å². The van der Waals surface area contributed by atoms with E-state index in [2.05, 4.69) is 0 Å². The van der Waals surface area contributed by atoms with Crippen LogP contribution in [0, 0.1) is 5.82 Å². The molecule has 0 unspecified atom stereocenters. The molecule has 0 saturated carbocycles. The average molecular weight is 244 g/mol. The maximum absolute atomic E-state index is 12.8. The lowest BCUT2D eigenvalue weighted by Crippen LogP contribution is -1.74. The Balaban J connectivity index is 2.19. The van der Waals surface area contributed by atoms with Crippen molar-refractivity contribution in [2.75, 3.05) is 0 Å². The fourth-order valence-electron chi connectivity index (χ4n) is 1.86. The van der Waals surface area contributed by atoms with E-state index >= 15 is 0 Å². The zero-order chi connectivity index (χ0) is 12.7. The summed E-state index contributed by atoms with van der Waals surface area (Å²) in [5, 5.41) is 19.5. The molecule has 1 aromatic heterocycles. The first kappa shape index (κ1) is 10.7. The van der Waals surface area contributed by atoms with Gasteiger partial charge >= 0.3 is 0 Å². The summed E-state index contributed by atoms with van der Waals surface area (Å²) in [5.41, 5.74) is 1.08. The Morgan fingerprint density at radius 1 is 0.944 bits per heavy atom. The lowest BCUT2D eigenvalue weighted by atomic mass is 10.1. The van der Waals surface area contributed by atoms with E-state index in [0.29, 0.717) is 22.3 Å². The van der Waals surface area contributed by atoms with E-state index < -0.39 is 0 Å². The monoisotopic (exact) mass is 244 g/mol. The predicted molar refractivity (Wildman–Crippen MR) is 64.9 cm³/mol. The lowest BCUT2D eigenvalue weighted by molar-refractivity contribution is 0.453. The van der Waals surface area contributed by atoms with Crippen molar-refractivity contribution < 1.29 is 19.0 Å². The van der Waals surface area contributed by atoms with E-state index in [1.54, 1.807) is 18.2 Å². The first-order valence-corrected chi connectivity index (χ1v) is 5.35. The minimum atomic E-state index is -0.324. The van der Waals surface area contributed by atoms with E-state index in [1.165, 1.54) is 24.3 Å². The molecule has 4 heteroatoms. The molecule has 0 aliphatic rings. The van der Waals surface area contributed by atoms with Gasteiger partial charge in [0, 0.05) is 17.7 Å². The average Bonchev–Trinajstić information content (AvgIpc) is 2.74. The number of benzene rings is 2. The highest BCUT2D eigenvalue weighted by molar-refractivity contribution is 5.89. The second-order valence-corrected chi connectivity index (χ2v) is 3.99. The van der Waals surface area contributed by atoms with E-state index in [9.17, 15) is 14.6 Å². The minimum absolute atomic E-state index is 0.0536. The number of hydrogen-bond acceptors (Lipinski definition) is 3. The van der Waals surface area contributed by atoms with Gasteiger partial charge < -0.3 is 14.6 Å². The SMILES string of the molecule is Oc1cc(O)c2cc(-c3ccc(F)cc3)oc2c1. The minimum Gasteiger partial charge on any atom is -0.508 e. The molecule has 0 aliphatic carbocycles. The summed E-state index contributed by atoms with van der Waals surface area (Å²) in [7, 11) is 0.